The van der Waals surface area contributed by atoms with Crippen LogP contribution in [0.3, 0.4) is 0 Å². The van der Waals surface area contributed by atoms with Crippen LogP contribution in [-0.2, 0) is 17.8 Å². The quantitative estimate of drug-likeness (QED) is 0.298. The summed E-state index contributed by atoms with van der Waals surface area (Å²) in [7, 11) is 0. The molecule has 1 fully saturated rings. The Hall–Kier alpha value is -2.12. The third-order valence-electron chi connectivity index (χ3n) is 6.17. The smallest absolute Gasteiger partial charge is 0.0717 e. The second-order valence-corrected chi connectivity index (χ2v) is 8.37. The van der Waals surface area contributed by atoms with E-state index in [4.69, 9.17) is 4.74 Å². The minimum Gasteiger partial charge on any atom is -0.376 e. The zero-order valence-corrected chi connectivity index (χ0v) is 18.0. The highest BCUT2D eigenvalue weighted by atomic mass is 16.5. The van der Waals surface area contributed by atoms with Crippen LogP contribution >= 0.6 is 0 Å². The van der Waals surface area contributed by atoms with Crippen LogP contribution in [0, 0.1) is 11.8 Å². The number of hydrogen-bond donors (Lipinski definition) is 0. The lowest BCUT2D eigenvalue weighted by atomic mass is 9.79. The monoisotopic (exact) mass is 388 g/mol. The van der Waals surface area contributed by atoms with Gasteiger partial charge in [0.25, 0.3) is 0 Å². The van der Waals surface area contributed by atoms with E-state index in [1.165, 1.54) is 60.8 Å². The zero-order chi connectivity index (χ0) is 20.3. The van der Waals surface area contributed by atoms with Gasteiger partial charge in [0.15, 0.2) is 0 Å². The average molecular weight is 389 g/mol. The fourth-order valence-corrected chi connectivity index (χ4v) is 4.33. The van der Waals surface area contributed by atoms with Crippen LogP contribution in [-0.4, -0.2) is 6.61 Å². The van der Waals surface area contributed by atoms with Crippen molar-refractivity contribution in [3.63, 3.8) is 0 Å². The lowest BCUT2D eigenvalue weighted by Crippen LogP contribution is -2.13. The van der Waals surface area contributed by atoms with Gasteiger partial charge in [-0.3, -0.25) is 0 Å². The molecule has 2 aromatic carbocycles. The van der Waals surface area contributed by atoms with E-state index in [0.29, 0.717) is 6.61 Å². The van der Waals surface area contributed by atoms with Crippen LogP contribution in [0.1, 0.15) is 56.6 Å². The van der Waals surface area contributed by atoms with E-state index in [9.17, 15) is 0 Å². The first-order valence-electron chi connectivity index (χ1n) is 11.3. The van der Waals surface area contributed by atoms with Crippen molar-refractivity contribution in [3.05, 3.63) is 84.5 Å². The third kappa shape index (κ3) is 7.01. The Morgan fingerprint density at radius 2 is 1.52 bits per heavy atom. The summed E-state index contributed by atoms with van der Waals surface area (Å²) in [4.78, 5) is 0. The largest absolute Gasteiger partial charge is 0.376 e. The van der Waals surface area contributed by atoms with E-state index >= 15 is 0 Å². The summed E-state index contributed by atoms with van der Waals surface area (Å²) in [5.41, 5.74) is 5.25. The molecule has 0 aliphatic heterocycles. The van der Waals surface area contributed by atoms with Gasteiger partial charge in [0.1, 0.15) is 0 Å². The summed E-state index contributed by atoms with van der Waals surface area (Å²) in [6.45, 7) is 7.27. The molecule has 1 nitrogen and oxygen atoms in total. The highest BCUT2D eigenvalue weighted by Gasteiger charge is 2.19. The fraction of sp³-hybridized carbons (Fsp3) is 0.429. The molecule has 1 saturated carbocycles. The minimum absolute atomic E-state index is 0.670. The van der Waals surface area contributed by atoms with E-state index in [-0.39, 0.29) is 0 Å². The molecule has 0 radical (unpaired) electrons. The number of rotatable bonds is 10. The van der Waals surface area contributed by atoms with Crippen molar-refractivity contribution in [2.75, 3.05) is 6.61 Å². The van der Waals surface area contributed by atoms with Crippen molar-refractivity contribution in [2.45, 2.75) is 58.5 Å². The summed E-state index contributed by atoms with van der Waals surface area (Å²) >= 11 is 0. The molecule has 0 saturated heterocycles. The molecule has 1 aliphatic carbocycles. The first-order chi connectivity index (χ1) is 14.3. The van der Waals surface area contributed by atoms with Crippen molar-refractivity contribution in [1.82, 2.24) is 0 Å². The van der Waals surface area contributed by atoms with Gasteiger partial charge < -0.3 is 4.74 Å². The Morgan fingerprint density at radius 3 is 2.10 bits per heavy atom. The van der Waals surface area contributed by atoms with Crippen molar-refractivity contribution in [2.24, 2.45) is 11.8 Å². The van der Waals surface area contributed by atoms with E-state index < -0.39 is 0 Å². The van der Waals surface area contributed by atoms with Crippen LogP contribution in [0.15, 0.2) is 73.3 Å². The van der Waals surface area contributed by atoms with Crippen LogP contribution in [0.2, 0.25) is 0 Å². The molecule has 3 rings (SSSR count). The van der Waals surface area contributed by atoms with E-state index in [1.807, 2.05) is 6.08 Å². The molecule has 0 unspecified atom stereocenters. The molecule has 0 atom stereocenters. The Bertz CT molecular complexity index is 746. The Kier molecular flexibility index (Phi) is 8.77. The van der Waals surface area contributed by atoms with Crippen LogP contribution < -0.4 is 0 Å². The second kappa shape index (κ2) is 11.8. The maximum Gasteiger partial charge on any atom is 0.0717 e. The number of benzene rings is 2. The van der Waals surface area contributed by atoms with E-state index in [0.717, 1.165) is 24.9 Å². The van der Waals surface area contributed by atoms with Crippen LogP contribution in [0.25, 0.3) is 11.1 Å². The van der Waals surface area contributed by atoms with Crippen LogP contribution in [0.4, 0.5) is 0 Å². The zero-order valence-electron chi connectivity index (χ0n) is 18.0. The highest BCUT2D eigenvalue weighted by molar-refractivity contribution is 5.63. The van der Waals surface area contributed by atoms with E-state index in [2.05, 4.69) is 74.2 Å². The first kappa shape index (κ1) is 21.6. The molecule has 2 aromatic rings. The molecule has 1 aliphatic rings. The fourth-order valence-electron chi connectivity index (χ4n) is 4.33. The summed E-state index contributed by atoms with van der Waals surface area (Å²) in [6, 6.07) is 17.9. The van der Waals surface area contributed by atoms with Gasteiger partial charge in [0.2, 0.25) is 0 Å². The van der Waals surface area contributed by atoms with Gasteiger partial charge in [-0.1, -0.05) is 66.8 Å². The molecule has 0 N–H and O–H groups in total. The van der Waals surface area contributed by atoms with Crippen molar-refractivity contribution < 1.29 is 4.74 Å². The third-order valence-corrected chi connectivity index (χ3v) is 6.17. The van der Waals surface area contributed by atoms with Gasteiger partial charge in [-0.2, -0.15) is 0 Å². The first-order valence-corrected chi connectivity index (χ1v) is 11.3. The van der Waals surface area contributed by atoms with Gasteiger partial charge in [-0.15, -0.1) is 6.58 Å². The average Bonchev–Trinajstić information content (AvgIpc) is 2.77. The van der Waals surface area contributed by atoms with Gasteiger partial charge in [0.05, 0.1) is 13.2 Å². The topological polar surface area (TPSA) is 9.23 Å². The molecular formula is C28H36O. The summed E-state index contributed by atoms with van der Waals surface area (Å²) in [6.07, 6.45) is 15.5. The predicted molar refractivity (Wildman–Crippen MR) is 125 cm³/mol. The molecule has 1 heteroatoms. The standard InChI is InChI=1S/C28H36O/c1-3-5-21-29-22-26-15-19-28(20-16-26)27-17-13-25(14-18-27)12-11-24-9-7-23(6-4-2)8-10-24/h3-4,6,13-20,23-24H,1,5,7-12,21-22H2,2H3/b6-4-/t23-,24-. The molecule has 0 heterocycles. The predicted octanol–water partition coefficient (Wildman–Crippen LogP) is 7.76. The molecule has 0 aromatic heterocycles. The van der Waals surface area contributed by atoms with Crippen molar-refractivity contribution >= 4 is 0 Å². The van der Waals surface area contributed by atoms with Crippen LogP contribution in [0.5, 0.6) is 0 Å². The molecule has 154 valence electrons. The lowest BCUT2D eigenvalue weighted by molar-refractivity contribution is 0.125. The van der Waals surface area contributed by atoms with Gasteiger partial charge >= 0.3 is 0 Å². The highest BCUT2D eigenvalue weighted by Crippen LogP contribution is 2.32. The maximum atomic E-state index is 5.64. The lowest BCUT2D eigenvalue weighted by Gasteiger charge is -2.26. The summed E-state index contributed by atoms with van der Waals surface area (Å²) < 4.78 is 5.64. The maximum absolute atomic E-state index is 5.64. The number of allylic oxidation sites excluding steroid dienone is 2. The Balaban J connectivity index is 1.45. The molecule has 0 bridgehead atoms. The number of hydrogen-bond acceptors (Lipinski definition) is 1. The second-order valence-electron chi connectivity index (χ2n) is 8.37. The van der Waals surface area contributed by atoms with Crippen molar-refractivity contribution in [1.29, 1.82) is 0 Å². The SMILES string of the molecule is C=CCCOCc1ccc(-c2ccc(CC[C@H]3CC[C@H](/C=C\C)CC3)cc2)cc1. The summed E-state index contributed by atoms with van der Waals surface area (Å²) in [5, 5.41) is 0. The molecule has 0 amide bonds. The Labute approximate surface area is 177 Å². The number of ether oxygens (including phenoxy) is 1. The summed E-state index contributed by atoms with van der Waals surface area (Å²) in [5.74, 6) is 1.75. The molecule has 29 heavy (non-hydrogen) atoms. The molecular weight excluding hydrogens is 352 g/mol. The van der Waals surface area contributed by atoms with Gasteiger partial charge in [-0.05, 0) is 86.0 Å². The minimum atomic E-state index is 0.670. The van der Waals surface area contributed by atoms with Gasteiger partial charge in [0, 0.05) is 0 Å². The number of aryl methyl sites for hydroxylation is 1. The van der Waals surface area contributed by atoms with Gasteiger partial charge in [-0.25, -0.2) is 0 Å². The normalized spacial score (nSPS) is 19.5. The van der Waals surface area contributed by atoms with E-state index in [1.54, 1.807) is 0 Å². The van der Waals surface area contributed by atoms with Crippen molar-refractivity contribution in [3.8, 4) is 11.1 Å². The molecule has 0 spiro atoms. The Morgan fingerprint density at radius 1 is 0.897 bits per heavy atom.